The first-order valence-electron chi connectivity index (χ1n) is 8.45. The average Bonchev–Trinajstić information content (AvgIpc) is 2.89. The van der Waals surface area contributed by atoms with E-state index in [1.807, 2.05) is 30.3 Å². The van der Waals surface area contributed by atoms with Gasteiger partial charge in [-0.3, -0.25) is 25.3 Å². The van der Waals surface area contributed by atoms with Gasteiger partial charge in [0, 0.05) is 13.0 Å². The fourth-order valence-electron chi connectivity index (χ4n) is 3.09. The standard InChI is InChI=1S/C17H22N4O4/c1-2-15(22)18-19-16(23)14-9-8-13-10-20(14)17(24)21(13)25-11-12-6-4-3-5-7-12/h3-7,13-14H,2,8-11H2,1H3,(H,18,22)(H,19,23). The van der Waals surface area contributed by atoms with E-state index in [0.717, 1.165) is 5.56 Å². The number of nitrogens with one attached hydrogen (secondary N) is 2. The van der Waals surface area contributed by atoms with Gasteiger partial charge in [-0.05, 0) is 18.4 Å². The van der Waals surface area contributed by atoms with Crippen LogP contribution in [0.1, 0.15) is 31.7 Å². The molecule has 2 bridgehead atoms. The van der Waals surface area contributed by atoms with Crippen molar-refractivity contribution in [2.24, 2.45) is 0 Å². The van der Waals surface area contributed by atoms with Crippen molar-refractivity contribution in [2.75, 3.05) is 6.54 Å². The number of benzene rings is 1. The molecule has 0 aliphatic carbocycles. The van der Waals surface area contributed by atoms with Gasteiger partial charge in [0.1, 0.15) is 12.6 Å². The van der Waals surface area contributed by atoms with Crippen LogP contribution < -0.4 is 10.9 Å². The molecule has 2 unspecified atom stereocenters. The SMILES string of the molecule is CCC(=O)NNC(=O)C1CCC2CN1C(=O)N2OCc1ccccc1. The smallest absolute Gasteiger partial charge is 0.309 e. The molecule has 2 fully saturated rings. The molecule has 2 N–H and O–H groups in total. The molecular formula is C17H22N4O4. The zero-order chi connectivity index (χ0) is 17.8. The predicted molar refractivity (Wildman–Crippen MR) is 88.6 cm³/mol. The van der Waals surface area contributed by atoms with E-state index < -0.39 is 6.04 Å². The number of urea groups is 1. The average molecular weight is 346 g/mol. The molecular weight excluding hydrogens is 324 g/mol. The predicted octanol–water partition coefficient (Wildman–Crippen LogP) is 0.944. The third-order valence-electron chi connectivity index (χ3n) is 4.48. The fraction of sp³-hybridized carbons (Fsp3) is 0.471. The van der Waals surface area contributed by atoms with Crippen LogP contribution in [0.3, 0.4) is 0 Å². The van der Waals surface area contributed by atoms with Gasteiger partial charge in [-0.1, -0.05) is 37.3 Å². The second kappa shape index (κ2) is 7.52. The van der Waals surface area contributed by atoms with E-state index in [0.29, 0.717) is 26.0 Å². The fourth-order valence-corrected chi connectivity index (χ4v) is 3.09. The number of hydrogen-bond acceptors (Lipinski definition) is 4. The highest BCUT2D eigenvalue weighted by molar-refractivity contribution is 5.89. The zero-order valence-corrected chi connectivity index (χ0v) is 14.1. The summed E-state index contributed by atoms with van der Waals surface area (Å²) < 4.78 is 0. The van der Waals surface area contributed by atoms with Gasteiger partial charge in [0.15, 0.2) is 0 Å². The van der Waals surface area contributed by atoms with Gasteiger partial charge in [0.05, 0.1) is 6.04 Å². The number of piperidine rings is 1. The summed E-state index contributed by atoms with van der Waals surface area (Å²) in [5, 5.41) is 1.38. The van der Waals surface area contributed by atoms with Gasteiger partial charge < -0.3 is 4.90 Å². The summed E-state index contributed by atoms with van der Waals surface area (Å²) in [5.74, 6) is -0.652. The van der Waals surface area contributed by atoms with Crippen molar-refractivity contribution in [3.63, 3.8) is 0 Å². The van der Waals surface area contributed by atoms with Crippen molar-refractivity contribution >= 4 is 17.8 Å². The summed E-state index contributed by atoms with van der Waals surface area (Å²) in [7, 11) is 0. The maximum atomic E-state index is 12.6. The van der Waals surface area contributed by atoms with Gasteiger partial charge in [0.2, 0.25) is 5.91 Å². The summed E-state index contributed by atoms with van der Waals surface area (Å²) >= 11 is 0. The minimum Gasteiger partial charge on any atom is -0.309 e. The molecule has 2 atom stereocenters. The third-order valence-corrected chi connectivity index (χ3v) is 4.48. The Bertz CT molecular complexity index is 651. The molecule has 0 radical (unpaired) electrons. The van der Waals surface area contributed by atoms with E-state index in [2.05, 4.69) is 10.9 Å². The quantitative estimate of drug-likeness (QED) is 0.777. The zero-order valence-electron chi connectivity index (χ0n) is 14.1. The lowest BCUT2D eigenvalue weighted by Crippen LogP contribution is -2.54. The lowest BCUT2D eigenvalue weighted by Gasteiger charge is -2.29. The molecule has 1 aromatic carbocycles. The first-order chi connectivity index (χ1) is 12.1. The normalized spacial score (nSPS) is 22.0. The number of rotatable bonds is 5. The number of amides is 4. The number of hydrogen-bond donors (Lipinski definition) is 2. The Morgan fingerprint density at radius 1 is 1.20 bits per heavy atom. The second-order valence-corrected chi connectivity index (χ2v) is 6.16. The molecule has 0 saturated carbocycles. The van der Waals surface area contributed by atoms with Crippen LogP contribution in [-0.4, -0.2) is 46.4 Å². The molecule has 4 amide bonds. The molecule has 0 aromatic heterocycles. The Morgan fingerprint density at radius 3 is 2.68 bits per heavy atom. The van der Waals surface area contributed by atoms with E-state index in [-0.39, 0.29) is 30.3 Å². The van der Waals surface area contributed by atoms with E-state index in [1.54, 1.807) is 6.92 Å². The first-order valence-corrected chi connectivity index (χ1v) is 8.45. The van der Waals surface area contributed by atoms with Crippen molar-refractivity contribution in [3.05, 3.63) is 35.9 Å². The van der Waals surface area contributed by atoms with Crippen LogP contribution in [0.2, 0.25) is 0 Å². The molecule has 2 aliphatic rings. The van der Waals surface area contributed by atoms with Gasteiger partial charge in [-0.2, -0.15) is 5.06 Å². The Morgan fingerprint density at radius 2 is 1.96 bits per heavy atom. The minimum atomic E-state index is -0.591. The van der Waals surface area contributed by atoms with E-state index in [1.165, 1.54) is 9.96 Å². The third kappa shape index (κ3) is 3.74. The van der Waals surface area contributed by atoms with Gasteiger partial charge in [-0.15, -0.1) is 0 Å². The Labute approximate surface area is 146 Å². The highest BCUT2D eigenvalue weighted by atomic mass is 16.7. The molecule has 25 heavy (non-hydrogen) atoms. The highest BCUT2D eigenvalue weighted by Gasteiger charge is 2.47. The molecule has 0 spiro atoms. The highest BCUT2D eigenvalue weighted by Crippen LogP contribution is 2.30. The van der Waals surface area contributed by atoms with Crippen LogP contribution in [0, 0.1) is 0 Å². The van der Waals surface area contributed by atoms with Crippen molar-refractivity contribution in [1.82, 2.24) is 20.8 Å². The number of fused-ring (bicyclic) bond motifs is 2. The molecule has 8 heteroatoms. The van der Waals surface area contributed by atoms with Crippen LogP contribution in [0.4, 0.5) is 4.79 Å². The van der Waals surface area contributed by atoms with Crippen molar-refractivity contribution in [3.8, 4) is 0 Å². The molecule has 8 nitrogen and oxygen atoms in total. The maximum absolute atomic E-state index is 12.6. The number of nitrogens with zero attached hydrogens (tertiary/aromatic N) is 2. The molecule has 2 aliphatic heterocycles. The summed E-state index contributed by atoms with van der Waals surface area (Å²) in [6.45, 7) is 2.45. The maximum Gasteiger partial charge on any atom is 0.345 e. The summed E-state index contributed by atoms with van der Waals surface area (Å²) in [4.78, 5) is 43.3. The van der Waals surface area contributed by atoms with Gasteiger partial charge >= 0.3 is 6.03 Å². The Balaban J connectivity index is 1.58. The number of hydroxylamine groups is 2. The van der Waals surface area contributed by atoms with Crippen molar-refractivity contribution < 1.29 is 19.2 Å². The number of hydrazine groups is 1. The van der Waals surface area contributed by atoms with E-state index >= 15 is 0 Å². The molecule has 134 valence electrons. The lowest BCUT2D eigenvalue weighted by atomic mass is 10.0. The summed E-state index contributed by atoms with van der Waals surface area (Å²) in [6, 6.07) is 8.66. The van der Waals surface area contributed by atoms with Gasteiger partial charge in [0.25, 0.3) is 5.91 Å². The number of carbonyl (C=O) groups excluding carboxylic acids is 3. The van der Waals surface area contributed by atoms with Crippen LogP contribution in [0.5, 0.6) is 0 Å². The topological polar surface area (TPSA) is 91.0 Å². The van der Waals surface area contributed by atoms with Crippen molar-refractivity contribution in [2.45, 2.75) is 44.9 Å². The van der Waals surface area contributed by atoms with Crippen LogP contribution in [0.25, 0.3) is 0 Å². The van der Waals surface area contributed by atoms with E-state index in [9.17, 15) is 14.4 Å². The van der Waals surface area contributed by atoms with E-state index in [4.69, 9.17) is 4.84 Å². The van der Waals surface area contributed by atoms with Crippen LogP contribution in [0.15, 0.2) is 30.3 Å². The molecule has 2 heterocycles. The monoisotopic (exact) mass is 346 g/mol. The molecule has 3 rings (SSSR count). The van der Waals surface area contributed by atoms with Gasteiger partial charge in [-0.25, -0.2) is 4.79 Å². The number of carbonyl (C=O) groups is 3. The molecule has 2 saturated heterocycles. The summed E-state index contributed by atoms with van der Waals surface area (Å²) in [6.07, 6.45) is 1.49. The first kappa shape index (κ1) is 17.2. The van der Waals surface area contributed by atoms with Crippen molar-refractivity contribution in [1.29, 1.82) is 0 Å². The second-order valence-electron chi connectivity index (χ2n) is 6.16. The largest absolute Gasteiger partial charge is 0.345 e. The lowest BCUT2D eigenvalue weighted by molar-refractivity contribution is -0.140. The van der Waals surface area contributed by atoms with Crippen LogP contribution in [-0.2, 0) is 21.0 Å². The molecule has 1 aromatic rings. The minimum absolute atomic E-state index is 0.0505. The Kier molecular flexibility index (Phi) is 5.18. The summed E-state index contributed by atoms with van der Waals surface area (Å²) in [5.41, 5.74) is 5.70. The van der Waals surface area contributed by atoms with Crippen LogP contribution >= 0.6 is 0 Å². The Hall–Kier alpha value is -2.61.